The highest BCUT2D eigenvalue weighted by Crippen LogP contribution is 2.11. The number of aromatic amines is 1. The maximum Gasteiger partial charge on any atom is 0.411 e. The van der Waals surface area contributed by atoms with E-state index in [1.165, 1.54) is 6.92 Å². The first-order chi connectivity index (χ1) is 10.1. The van der Waals surface area contributed by atoms with Gasteiger partial charge in [-0.1, -0.05) is 12.1 Å². The standard InChI is InChI=1S/C15H17N3O3/c1-11(19)12-4-2-5-13(8-12)18-15(20)21-7-3-6-14-9-16-10-17-14/h2,4-5,8-10H,3,6-7H2,1H3,(H,16,17)(H,18,20). The fourth-order valence-electron chi connectivity index (χ4n) is 1.82. The van der Waals surface area contributed by atoms with Crippen LogP contribution >= 0.6 is 0 Å². The van der Waals surface area contributed by atoms with E-state index < -0.39 is 6.09 Å². The second kappa shape index (κ2) is 7.23. The third kappa shape index (κ3) is 4.76. The van der Waals surface area contributed by atoms with E-state index in [2.05, 4.69) is 15.3 Å². The van der Waals surface area contributed by atoms with Gasteiger partial charge < -0.3 is 9.72 Å². The molecule has 0 aliphatic heterocycles. The predicted octanol–water partition coefficient (Wildman–Crippen LogP) is 2.79. The molecule has 1 aromatic carbocycles. The number of anilines is 1. The lowest BCUT2D eigenvalue weighted by molar-refractivity contribution is 0.101. The van der Waals surface area contributed by atoms with Gasteiger partial charge in [-0.3, -0.25) is 10.1 Å². The fourth-order valence-corrected chi connectivity index (χ4v) is 1.82. The molecule has 0 bridgehead atoms. The first-order valence-electron chi connectivity index (χ1n) is 6.67. The summed E-state index contributed by atoms with van der Waals surface area (Å²) in [5.74, 6) is -0.0500. The number of aromatic nitrogens is 2. The van der Waals surface area contributed by atoms with Gasteiger partial charge in [0.05, 0.1) is 18.6 Å². The first-order valence-corrected chi connectivity index (χ1v) is 6.67. The molecule has 1 amide bonds. The fraction of sp³-hybridized carbons (Fsp3) is 0.267. The minimum absolute atomic E-state index is 0.0500. The molecular weight excluding hydrogens is 270 g/mol. The molecule has 2 aromatic rings. The Bertz CT molecular complexity index is 608. The summed E-state index contributed by atoms with van der Waals surface area (Å²) in [5.41, 5.74) is 2.03. The van der Waals surface area contributed by atoms with Gasteiger partial charge in [0.2, 0.25) is 0 Å². The van der Waals surface area contributed by atoms with Crippen LogP contribution in [0.2, 0.25) is 0 Å². The molecular formula is C15H17N3O3. The van der Waals surface area contributed by atoms with E-state index in [1.54, 1.807) is 30.6 Å². The van der Waals surface area contributed by atoms with E-state index in [1.807, 2.05) is 6.20 Å². The van der Waals surface area contributed by atoms with Gasteiger partial charge in [0.1, 0.15) is 0 Å². The summed E-state index contributed by atoms with van der Waals surface area (Å²) in [6.07, 6.45) is 4.35. The summed E-state index contributed by atoms with van der Waals surface area (Å²) < 4.78 is 5.07. The molecule has 0 spiro atoms. The van der Waals surface area contributed by atoms with Crippen LogP contribution in [-0.2, 0) is 11.2 Å². The van der Waals surface area contributed by atoms with E-state index in [9.17, 15) is 9.59 Å². The molecule has 0 fully saturated rings. The van der Waals surface area contributed by atoms with Crippen molar-refractivity contribution in [2.45, 2.75) is 19.8 Å². The van der Waals surface area contributed by atoms with Gasteiger partial charge in [-0.25, -0.2) is 9.78 Å². The van der Waals surface area contributed by atoms with Crippen LogP contribution in [0.5, 0.6) is 0 Å². The minimum atomic E-state index is -0.530. The number of ether oxygens (including phenoxy) is 1. The average Bonchev–Trinajstić information content (AvgIpc) is 2.97. The number of aryl methyl sites for hydroxylation is 1. The van der Waals surface area contributed by atoms with E-state index in [-0.39, 0.29) is 5.78 Å². The molecule has 21 heavy (non-hydrogen) atoms. The third-order valence-corrected chi connectivity index (χ3v) is 2.88. The van der Waals surface area contributed by atoms with Crippen LogP contribution in [0, 0.1) is 0 Å². The zero-order chi connectivity index (χ0) is 15.1. The Labute approximate surface area is 122 Å². The Morgan fingerprint density at radius 1 is 1.38 bits per heavy atom. The zero-order valence-electron chi connectivity index (χ0n) is 11.8. The number of amides is 1. The third-order valence-electron chi connectivity index (χ3n) is 2.88. The molecule has 2 N–H and O–H groups in total. The van der Waals surface area contributed by atoms with Crippen molar-refractivity contribution in [1.82, 2.24) is 9.97 Å². The number of hydrogen-bond acceptors (Lipinski definition) is 4. The smallest absolute Gasteiger partial charge is 0.411 e. The van der Waals surface area contributed by atoms with E-state index in [0.717, 1.165) is 12.1 Å². The van der Waals surface area contributed by atoms with Crippen molar-refractivity contribution >= 4 is 17.6 Å². The number of ketones is 1. The van der Waals surface area contributed by atoms with E-state index in [4.69, 9.17) is 4.74 Å². The Morgan fingerprint density at radius 2 is 2.24 bits per heavy atom. The summed E-state index contributed by atoms with van der Waals surface area (Å²) in [4.78, 5) is 29.8. The molecule has 110 valence electrons. The van der Waals surface area contributed by atoms with Gasteiger partial charge in [0.25, 0.3) is 0 Å². The average molecular weight is 287 g/mol. The molecule has 0 atom stereocenters. The zero-order valence-corrected chi connectivity index (χ0v) is 11.8. The number of nitrogens with zero attached hydrogens (tertiary/aromatic N) is 1. The summed E-state index contributed by atoms with van der Waals surface area (Å²) >= 11 is 0. The largest absolute Gasteiger partial charge is 0.449 e. The van der Waals surface area contributed by atoms with Crippen LogP contribution in [0.1, 0.15) is 29.4 Å². The highest BCUT2D eigenvalue weighted by atomic mass is 16.5. The van der Waals surface area contributed by atoms with Gasteiger partial charge in [-0.05, 0) is 31.9 Å². The molecule has 0 aliphatic carbocycles. The van der Waals surface area contributed by atoms with Crippen LogP contribution in [-0.4, -0.2) is 28.5 Å². The monoisotopic (exact) mass is 287 g/mol. The molecule has 6 nitrogen and oxygen atoms in total. The second-order valence-corrected chi connectivity index (χ2v) is 4.56. The van der Waals surface area contributed by atoms with Crippen molar-refractivity contribution in [1.29, 1.82) is 0 Å². The lowest BCUT2D eigenvalue weighted by atomic mass is 10.1. The topological polar surface area (TPSA) is 84.1 Å². The number of imidazole rings is 1. The number of hydrogen-bond donors (Lipinski definition) is 2. The Hall–Kier alpha value is -2.63. The first kappa shape index (κ1) is 14.8. The summed E-state index contributed by atoms with van der Waals surface area (Å²) in [6.45, 7) is 1.79. The van der Waals surface area contributed by atoms with E-state index in [0.29, 0.717) is 24.3 Å². The van der Waals surface area contributed by atoms with Gasteiger partial charge in [0, 0.05) is 17.4 Å². The molecule has 2 rings (SSSR count). The van der Waals surface area contributed by atoms with Crippen molar-refractivity contribution in [3.63, 3.8) is 0 Å². The summed E-state index contributed by atoms with van der Waals surface area (Å²) in [6, 6.07) is 6.73. The van der Waals surface area contributed by atoms with Gasteiger partial charge in [0.15, 0.2) is 5.78 Å². The van der Waals surface area contributed by atoms with Gasteiger partial charge in [-0.15, -0.1) is 0 Å². The van der Waals surface area contributed by atoms with Crippen LogP contribution in [0.15, 0.2) is 36.8 Å². The number of benzene rings is 1. The van der Waals surface area contributed by atoms with Crippen molar-refractivity contribution in [3.05, 3.63) is 48.0 Å². The number of rotatable bonds is 6. The molecule has 0 aliphatic rings. The van der Waals surface area contributed by atoms with E-state index >= 15 is 0 Å². The highest BCUT2D eigenvalue weighted by molar-refractivity contribution is 5.96. The number of H-pyrrole nitrogens is 1. The van der Waals surface area contributed by atoms with Crippen molar-refractivity contribution in [2.24, 2.45) is 0 Å². The Morgan fingerprint density at radius 3 is 2.95 bits per heavy atom. The molecule has 0 unspecified atom stereocenters. The number of carbonyl (C=O) groups excluding carboxylic acids is 2. The van der Waals surface area contributed by atoms with Crippen molar-refractivity contribution in [2.75, 3.05) is 11.9 Å². The molecule has 0 saturated carbocycles. The van der Waals surface area contributed by atoms with Crippen LogP contribution < -0.4 is 5.32 Å². The van der Waals surface area contributed by atoms with Gasteiger partial charge >= 0.3 is 6.09 Å². The van der Waals surface area contributed by atoms with Crippen LogP contribution in [0.4, 0.5) is 10.5 Å². The maximum absolute atomic E-state index is 11.6. The number of Topliss-reactive ketones (excluding diaryl/α,β-unsaturated/α-hetero) is 1. The Balaban J connectivity index is 1.74. The lowest BCUT2D eigenvalue weighted by Gasteiger charge is -2.07. The highest BCUT2D eigenvalue weighted by Gasteiger charge is 2.05. The van der Waals surface area contributed by atoms with Crippen molar-refractivity contribution < 1.29 is 14.3 Å². The van der Waals surface area contributed by atoms with Crippen LogP contribution in [0.25, 0.3) is 0 Å². The predicted molar refractivity (Wildman–Crippen MR) is 78.3 cm³/mol. The summed E-state index contributed by atoms with van der Waals surface area (Å²) in [5, 5.41) is 2.60. The minimum Gasteiger partial charge on any atom is -0.449 e. The molecule has 0 saturated heterocycles. The molecule has 0 radical (unpaired) electrons. The molecule has 1 heterocycles. The lowest BCUT2D eigenvalue weighted by Crippen LogP contribution is -2.15. The normalized spacial score (nSPS) is 10.1. The SMILES string of the molecule is CC(=O)c1cccc(NC(=O)OCCCc2c[nH]cn2)c1. The summed E-state index contributed by atoms with van der Waals surface area (Å²) in [7, 11) is 0. The second-order valence-electron chi connectivity index (χ2n) is 4.56. The number of nitrogens with one attached hydrogen (secondary N) is 2. The van der Waals surface area contributed by atoms with Gasteiger partial charge in [-0.2, -0.15) is 0 Å². The quantitative estimate of drug-likeness (QED) is 0.632. The van der Waals surface area contributed by atoms with Crippen LogP contribution in [0.3, 0.4) is 0 Å². The molecule has 1 aromatic heterocycles. The van der Waals surface area contributed by atoms with Crippen molar-refractivity contribution in [3.8, 4) is 0 Å². The maximum atomic E-state index is 11.6. The Kier molecular flexibility index (Phi) is 5.09. The molecule has 6 heteroatoms. The number of carbonyl (C=O) groups is 2.